The van der Waals surface area contributed by atoms with Gasteiger partial charge >= 0.3 is 0 Å². The normalized spacial score (nSPS) is 13.5. The molecule has 1 aliphatic rings. The monoisotopic (exact) mass is 443 g/mol. The molecule has 0 atom stereocenters. The number of aryl methyl sites for hydroxylation is 1. The highest BCUT2D eigenvalue weighted by Gasteiger charge is 2.26. The van der Waals surface area contributed by atoms with Gasteiger partial charge in [0.15, 0.2) is 0 Å². The zero-order valence-electron chi connectivity index (χ0n) is 19.5. The van der Waals surface area contributed by atoms with Crippen LogP contribution in [0.25, 0.3) is 22.3 Å². The number of hydrogen-bond donors (Lipinski definition) is 0. The highest BCUT2D eigenvalue weighted by Crippen LogP contribution is 2.39. The van der Waals surface area contributed by atoms with Gasteiger partial charge in [-0.05, 0) is 50.8 Å². The van der Waals surface area contributed by atoms with Gasteiger partial charge in [0.05, 0.1) is 42.3 Å². The average molecular weight is 444 g/mol. The Morgan fingerprint density at radius 3 is 2.55 bits per heavy atom. The quantitative estimate of drug-likeness (QED) is 0.365. The van der Waals surface area contributed by atoms with E-state index in [4.69, 9.17) is 14.5 Å². The molecule has 2 heterocycles. The maximum atomic E-state index is 6.00. The number of fused-ring (bicyclic) bond motifs is 1. The summed E-state index contributed by atoms with van der Waals surface area (Å²) in [5.41, 5.74) is 5.62. The molecule has 1 aliphatic carbocycles. The minimum absolute atomic E-state index is 0.0867. The van der Waals surface area contributed by atoms with Gasteiger partial charge in [-0.25, -0.2) is 4.98 Å². The molecule has 0 aliphatic heterocycles. The van der Waals surface area contributed by atoms with Crippen LogP contribution in [-0.2, 0) is 7.05 Å². The highest BCUT2D eigenvalue weighted by molar-refractivity contribution is 5.82. The van der Waals surface area contributed by atoms with Gasteiger partial charge in [0, 0.05) is 54.9 Å². The second-order valence-electron chi connectivity index (χ2n) is 8.92. The van der Waals surface area contributed by atoms with Crippen LogP contribution < -0.4 is 14.4 Å². The molecule has 1 saturated carbocycles. The van der Waals surface area contributed by atoms with Crippen LogP contribution in [0.15, 0.2) is 55.0 Å². The first-order valence-electron chi connectivity index (χ1n) is 11.4. The summed E-state index contributed by atoms with van der Waals surface area (Å²) in [6.45, 7) is 5.00. The van der Waals surface area contributed by atoms with Crippen molar-refractivity contribution in [3.63, 3.8) is 0 Å². The van der Waals surface area contributed by atoms with Crippen molar-refractivity contribution in [2.45, 2.75) is 32.8 Å². The van der Waals surface area contributed by atoms with Crippen LogP contribution >= 0.6 is 0 Å². The van der Waals surface area contributed by atoms with Crippen LogP contribution in [0.3, 0.4) is 0 Å². The molecule has 0 spiro atoms. The predicted molar refractivity (Wildman–Crippen MR) is 130 cm³/mol. The smallest absolute Gasteiger partial charge is 0.125 e. The molecule has 5 rings (SSSR count). The van der Waals surface area contributed by atoms with E-state index in [9.17, 15) is 0 Å². The zero-order chi connectivity index (χ0) is 22.9. The molecule has 2 aromatic carbocycles. The largest absolute Gasteiger partial charge is 0.497 e. The molecule has 33 heavy (non-hydrogen) atoms. The molecular weight excluding hydrogens is 414 g/mol. The Balaban J connectivity index is 1.56. The van der Waals surface area contributed by atoms with Crippen molar-refractivity contribution in [2.75, 3.05) is 18.6 Å². The maximum absolute atomic E-state index is 6.00. The van der Waals surface area contributed by atoms with Crippen molar-refractivity contribution in [1.29, 1.82) is 0 Å². The summed E-state index contributed by atoms with van der Waals surface area (Å²) in [5.74, 6) is 2.28. The molecule has 0 bridgehead atoms. The second kappa shape index (κ2) is 8.73. The van der Waals surface area contributed by atoms with E-state index >= 15 is 0 Å². The molecule has 2 aromatic heterocycles. The van der Waals surface area contributed by atoms with Gasteiger partial charge in [0.2, 0.25) is 0 Å². The Labute approximate surface area is 194 Å². The van der Waals surface area contributed by atoms with Gasteiger partial charge in [-0.15, -0.1) is 0 Å². The van der Waals surface area contributed by atoms with Crippen LogP contribution in [0, 0.1) is 5.92 Å². The zero-order valence-corrected chi connectivity index (χ0v) is 19.5. The van der Waals surface area contributed by atoms with Crippen molar-refractivity contribution in [3.05, 3.63) is 55.0 Å². The lowest BCUT2D eigenvalue weighted by atomic mass is 10.1. The third kappa shape index (κ3) is 4.77. The van der Waals surface area contributed by atoms with Gasteiger partial charge in [-0.3, -0.25) is 9.67 Å². The molecule has 7 nitrogen and oxygen atoms in total. The Morgan fingerprint density at radius 2 is 1.85 bits per heavy atom. The van der Waals surface area contributed by atoms with E-state index in [0.29, 0.717) is 5.92 Å². The van der Waals surface area contributed by atoms with Crippen molar-refractivity contribution >= 4 is 22.4 Å². The molecule has 0 saturated heterocycles. The van der Waals surface area contributed by atoms with Crippen LogP contribution in [0.1, 0.15) is 26.7 Å². The summed E-state index contributed by atoms with van der Waals surface area (Å²) in [5, 5.41) is 4.26. The van der Waals surface area contributed by atoms with Gasteiger partial charge < -0.3 is 14.4 Å². The Bertz CT molecular complexity index is 1280. The van der Waals surface area contributed by atoms with Crippen molar-refractivity contribution < 1.29 is 9.47 Å². The van der Waals surface area contributed by atoms with Crippen molar-refractivity contribution in [2.24, 2.45) is 13.0 Å². The van der Waals surface area contributed by atoms with E-state index in [1.807, 2.05) is 45.4 Å². The minimum atomic E-state index is 0.0867. The Hall–Kier alpha value is -3.61. The second-order valence-corrected chi connectivity index (χ2v) is 8.92. The van der Waals surface area contributed by atoms with E-state index in [1.165, 1.54) is 12.8 Å². The Morgan fingerprint density at radius 1 is 1.03 bits per heavy atom. The van der Waals surface area contributed by atoms with E-state index in [2.05, 4.69) is 39.2 Å². The average Bonchev–Trinajstić information content (AvgIpc) is 3.53. The standard InChI is InChI=1S/C26H29N5O2/c1-17(2)33-23-10-21(9-22(12-23)32-4)31(15-18-5-6-18)20-7-8-24-25(11-20)29-26(14-27-24)19-13-28-30(3)16-19/h7-14,16-18H,5-6,15H2,1-4H3. The number of aromatic nitrogens is 4. The first kappa shape index (κ1) is 21.2. The fourth-order valence-corrected chi connectivity index (χ4v) is 3.95. The molecule has 0 unspecified atom stereocenters. The van der Waals surface area contributed by atoms with Crippen LogP contribution in [0.2, 0.25) is 0 Å². The molecule has 0 N–H and O–H groups in total. The molecule has 170 valence electrons. The fraction of sp³-hybridized carbons (Fsp3) is 0.346. The van der Waals surface area contributed by atoms with Gasteiger partial charge in [-0.2, -0.15) is 5.10 Å². The number of ether oxygens (including phenoxy) is 2. The Kier molecular flexibility index (Phi) is 5.62. The molecule has 0 radical (unpaired) electrons. The van der Waals surface area contributed by atoms with Crippen molar-refractivity contribution in [1.82, 2.24) is 19.7 Å². The summed E-state index contributed by atoms with van der Waals surface area (Å²) < 4.78 is 13.4. The lowest BCUT2D eigenvalue weighted by Gasteiger charge is -2.26. The topological polar surface area (TPSA) is 65.3 Å². The van der Waals surface area contributed by atoms with Gasteiger partial charge in [0.1, 0.15) is 11.5 Å². The van der Waals surface area contributed by atoms with Gasteiger partial charge in [0.25, 0.3) is 0 Å². The number of anilines is 2. The summed E-state index contributed by atoms with van der Waals surface area (Å²) >= 11 is 0. The third-order valence-corrected chi connectivity index (χ3v) is 5.76. The summed E-state index contributed by atoms with van der Waals surface area (Å²) in [6.07, 6.45) is 8.17. The number of rotatable bonds is 8. The molecule has 4 aromatic rings. The number of methoxy groups -OCH3 is 1. The summed E-state index contributed by atoms with van der Waals surface area (Å²) in [4.78, 5) is 11.9. The van der Waals surface area contributed by atoms with Crippen LogP contribution in [0.4, 0.5) is 11.4 Å². The summed E-state index contributed by atoms with van der Waals surface area (Å²) in [7, 11) is 3.59. The molecular formula is C26H29N5O2. The van der Waals surface area contributed by atoms with E-state index in [1.54, 1.807) is 18.0 Å². The highest BCUT2D eigenvalue weighted by atomic mass is 16.5. The molecule has 7 heteroatoms. The van der Waals surface area contributed by atoms with Crippen molar-refractivity contribution in [3.8, 4) is 22.8 Å². The number of hydrogen-bond acceptors (Lipinski definition) is 6. The van der Waals surface area contributed by atoms with E-state index < -0.39 is 0 Å². The van der Waals surface area contributed by atoms with E-state index in [-0.39, 0.29) is 6.10 Å². The molecule has 1 fully saturated rings. The molecule has 0 amide bonds. The number of benzene rings is 2. The lowest BCUT2D eigenvalue weighted by molar-refractivity contribution is 0.241. The first-order chi connectivity index (χ1) is 16.0. The third-order valence-electron chi connectivity index (χ3n) is 5.76. The lowest BCUT2D eigenvalue weighted by Crippen LogP contribution is -2.20. The number of nitrogens with zero attached hydrogens (tertiary/aromatic N) is 5. The fourth-order valence-electron chi connectivity index (χ4n) is 3.95. The van der Waals surface area contributed by atoms with Crippen LogP contribution in [0.5, 0.6) is 11.5 Å². The van der Waals surface area contributed by atoms with Crippen LogP contribution in [-0.4, -0.2) is 39.5 Å². The van der Waals surface area contributed by atoms with Gasteiger partial charge in [-0.1, -0.05) is 0 Å². The minimum Gasteiger partial charge on any atom is -0.497 e. The predicted octanol–water partition coefficient (Wildman–Crippen LogP) is 5.37. The maximum Gasteiger partial charge on any atom is 0.125 e. The summed E-state index contributed by atoms with van der Waals surface area (Å²) in [6, 6.07) is 12.4. The SMILES string of the molecule is COc1cc(OC(C)C)cc(N(CC2CC2)c2ccc3ncc(-c4cnn(C)c4)nc3c2)c1. The first-order valence-corrected chi connectivity index (χ1v) is 11.4. The van der Waals surface area contributed by atoms with E-state index in [0.717, 1.165) is 51.7 Å².